The molecule has 3 nitrogen and oxygen atoms in total. The fraction of sp³-hybridized carbons (Fsp3) is 0.0606. The quantitative estimate of drug-likeness (QED) is 0.241. The van der Waals surface area contributed by atoms with Gasteiger partial charge in [-0.15, -0.1) is 0 Å². The second-order valence-corrected chi connectivity index (χ2v) is 9.56. The number of aromatic nitrogens is 1. The van der Waals surface area contributed by atoms with Crippen LogP contribution in [0.25, 0.3) is 60.6 Å². The van der Waals surface area contributed by atoms with Crippen molar-refractivity contribution in [1.82, 2.24) is 4.57 Å². The maximum Gasteiger partial charge on any atom is 0.200 e. The van der Waals surface area contributed by atoms with E-state index in [0.29, 0.717) is 21.9 Å². The van der Waals surface area contributed by atoms with Crippen LogP contribution >= 0.6 is 0 Å². The van der Waals surface area contributed by atoms with Crippen molar-refractivity contribution >= 4 is 43.7 Å². The van der Waals surface area contributed by atoms with E-state index >= 15 is 0 Å². The molecule has 3 heteroatoms. The molecule has 0 saturated carbocycles. The Morgan fingerprint density at radius 1 is 0.556 bits per heavy atom. The molecular weight excluding hydrogens is 442 g/mol. The van der Waals surface area contributed by atoms with Gasteiger partial charge in [0.2, 0.25) is 5.43 Å². The van der Waals surface area contributed by atoms with Crippen molar-refractivity contribution in [2.75, 3.05) is 0 Å². The number of hydrogen-bond donors (Lipinski definition) is 0. The number of aryl methyl sites for hydroxylation is 2. The Morgan fingerprint density at radius 2 is 1.17 bits per heavy atom. The molecule has 0 amide bonds. The Bertz CT molecular complexity index is 1970. The van der Waals surface area contributed by atoms with E-state index in [0.717, 1.165) is 16.8 Å². The van der Waals surface area contributed by atoms with Gasteiger partial charge in [0.05, 0.1) is 21.8 Å². The monoisotopic (exact) mass is 465 g/mol. The van der Waals surface area contributed by atoms with E-state index in [2.05, 4.69) is 79.1 Å². The molecule has 0 spiro atoms. The molecule has 0 aliphatic carbocycles. The lowest BCUT2D eigenvalue weighted by molar-refractivity contribution is 0.660. The van der Waals surface area contributed by atoms with E-state index in [4.69, 9.17) is 4.42 Å². The van der Waals surface area contributed by atoms with E-state index in [1.807, 2.05) is 42.5 Å². The van der Waals surface area contributed by atoms with Crippen molar-refractivity contribution in [2.45, 2.75) is 13.8 Å². The van der Waals surface area contributed by atoms with Crippen LogP contribution in [0.1, 0.15) is 11.1 Å². The third-order valence-electron chi connectivity index (χ3n) is 7.11. The van der Waals surface area contributed by atoms with E-state index in [1.165, 1.54) is 32.9 Å². The Balaban J connectivity index is 1.37. The van der Waals surface area contributed by atoms with Crippen molar-refractivity contribution < 1.29 is 4.42 Å². The van der Waals surface area contributed by atoms with Crippen LogP contribution in [-0.4, -0.2) is 4.57 Å². The van der Waals surface area contributed by atoms with Crippen molar-refractivity contribution in [1.29, 1.82) is 0 Å². The van der Waals surface area contributed by atoms with E-state index < -0.39 is 0 Å². The van der Waals surface area contributed by atoms with Crippen LogP contribution in [0.5, 0.6) is 0 Å². The molecule has 36 heavy (non-hydrogen) atoms. The largest absolute Gasteiger partial charge is 0.456 e. The predicted molar refractivity (Wildman–Crippen MR) is 149 cm³/mol. The zero-order chi connectivity index (χ0) is 24.4. The summed E-state index contributed by atoms with van der Waals surface area (Å²) in [4.78, 5) is 12.9. The van der Waals surface area contributed by atoms with Gasteiger partial charge in [0.15, 0.2) is 0 Å². The van der Waals surface area contributed by atoms with Crippen LogP contribution in [0.3, 0.4) is 0 Å². The molecule has 172 valence electrons. The molecule has 0 N–H and O–H groups in total. The summed E-state index contributed by atoms with van der Waals surface area (Å²) in [5.74, 6) is 0. The summed E-state index contributed by atoms with van der Waals surface area (Å²) in [6, 6.07) is 35.1. The third kappa shape index (κ3) is 3.10. The Morgan fingerprint density at radius 3 is 1.86 bits per heavy atom. The smallest absolute Gasteiger partial charge is 0.200 e. The Hall–Kier alpha value is -4.63. The summed E-state index contributed by atoms with van der Waals surface area (Å²) in [5, 5.41) is 3.76. The Labute approximate surface area is 207 Å². The zero-order valence-electron chi connectivity index (χ0n) is 20.1. The average Bonchev–Trinajstić information content (AvgIpc) is 3.21. The number of nitrogens with zero attached hydrogens (tertiary/aromatic N) is 1. The van der Waals surface area contributed by atoms with E-state index in [-0.39, 0.29) is 5.43 Å². The van der Waals surface area contributed by atoms with Gasteiger partial charge in [0.25, 0.3) is 0 Å². The minimum Gasteiger partial charge on any atom is -0.456 e. The molecule has 0 aliphatic rings. The molecule has 0 atom stereocenters. The van der Waals surface area contributed by atoms with Crippen molar-refractivity contribution in [3.8, 4) is 16.8 Å². The first-order valence-corrected chi connectivity index (χ1v) is 12.1. The van der Waals surface area contributed by atoms with Crippen LogP contribution in [0.15, 0.2) is 112 Å². The summed E-state index contributed by atoms with van der Waals surface area (Å²) in [6.45, 7) is 4.28. The number of fused-ring (bicyclic) bond motifs is 5. The maximum atomic E-state index is 12.9. The fourth-order valence-electron chi connectivity index (χ4n) is 5.31. The summed E-state index contributed by atoms with van der Waals surface area (Å²) >= 11 is 0. The minimum absolute atomic E-state index is 0.00517. The lowest BCUT2D eigenvalue weighted by Crippen LogP contribution is -2.01. The molecule has 5 aromatic carbocycles. The van der Waals surface area contributed by atoms with E-state index in [9.17, 15) is 4.79 Å². The lowest BCUT2D eigenvalue weighted by Gasteiger charge is -2.10. The van der Waals surface area contributed by atoms with Gasteiger partial charge >= 0.3 is 0 Å². The van der Waals surface area contributed by atoms with Crippen molar-refractivity contribution in [2.24, 2.45) is 0 Å². The second kappa shape index (κ2) is 7.69. The topological polar surface area (TPSA) is 35.1 Å². The lowest BCUT2D eigenvalue weighted by atomic mass is 10.0. The first-order valence-electron chi connectivity index (χ1n) is 12.1. The molecule has 0 bridgehead atoms. The minimum atomic E-state index is 0.00517. The number of hydrogen-bond acceptors (Lipinski definition) is 2. The van der Waals surface area contributed by atoms with Gasteiger partial charge < -0.3 is 8.98 Å². The molecule has 2 aromatic heterocycles. The highest BCUT2D eigenvalue weighted by atomic mass is 16.3. The van der Waals surface area contributed by atoms with Gasteiger partial charge in [0.1, 0.15) is 11.2 Å². The summed E-state index contributed by atoms with van der Waals surface area (Å²) in [6.07, 6.45) is 0. The van der Waals surface area contributed by atoms with Crippen molar-refractivity contribution in [3.05, 3.63) is 124 Å². The molecule has 0 aliphatic heterocycles. The standard InChI is InChI=1S/C33H23NO2/c1-20-7-15-29-27(17-20)28-18-21(2)8-16-30(28)34(29)24-12-9-22(10-13-24)23-11-14-26-32(19-23)36-31-6-4-3-5-25(31)33(26)35/h3-19H,1-2H3. The van der Waals surface area contributed by atoms with Crippen LogP contribution in [0, 0.1) is 13.8 Å². The summed E-state index contributed by atoms with van der Waals surface area (Å²) in [7, 11) is 0. The normalized spacial score (nSPS) is 11.7. The third-order valence-corrected chi connectivity index (χ3v) is 7.11. The number of para-hydroxylation sites is 1. The van der Waals surface area contributed by atoms with Gasteiger partial charge in [-0.3, -0.25) is 4.79 Å². The van der Waals surface area contributed by atoms with Crippen molar-refractivity contribution in [3.63, 3.8) is 0 Å². The average molecular weight is 466 g/mol. The molecular formula is C33H23NO2. The molecule has 0 fully saturated rings. The maximum absolute atomic E-state index is 12.9. The SMILES string of the molecule is Cc1ccc2c(c1)c1cc(C)ccc1n2-c1ccc(-c2ccc3c(=O)c4ccccc4oc3c2)cc1. The van der Waals surface area contributed by atoms with E-state index in [1.54, 1.807) is 0 Å². The summed E-state index contributed by atoms with van der Waals surface area (Å²) in [5.41, 5.74) is 9.35. The highest BCUT2D eigenvalue weighted by Gasteiger charge is 2.13. The van der Waals surface area contributed by atoms with Gasteiger partial charge in [-0.25, -0.2) is 0 Å². The Kier molecular flexibility index (Phi) is 4.43. The van der Waals surface area contributed by atoms with Gasteiger partial charge in [-0.1, -0.05) is 53.6 Å². The number of rotatable bonds is 2. The molecule has 2 heterocycles. The molecule has 7 aromatic rings. The highest BCUT2D eigenvalue weighted by molar-refractivity contribution is 6.09. The zero-order valence-corrected chi connectivity index (χ0v) is 20.1. The van der Waals surface area contributed by atoms with Crippen LogP contribution in [-0.2, 0) is 0 Å². The fourth-order valence-corrected chi connectivity index (χ4v) is 5.31. The first kappa shape index (κ1) is 20.7. The highest BCUT2D eigenvalue weighted by Crippen LogP contribution is 2.34. The summed E-state index contributed by atoms with van der Waals surface area (Å²) < 4.78 is 8.42. The second-order valence-electron chi connectivity index (χ2n) is 9.56. The molecule has 0 radical (unpaired) electrons. The van der Waals surface area contributed by atoms with Crippen LogP contribution in [0.4, 0.5) is 0 Å². The molecule has 7 rings (SSSR count). The molecule has 0 unspecified atom stereocenters. The van der Waals surface area contributed by atoms with Gasteiger partial charge in [0, 0.05) is 16.5 Å². The van der Waals surface area contributed by atoms with Crippen LogP contribution < -0.4 is 5.43 Å². The first-order chi connectivity index (χ1) is 17.6. The van der Waals surface area contributed by atoms with Gasteiger partial charge in [-0.05, 0) is 85.6 Å². The predicted octanol–water partition coefficient (Wildman–Crippen LogP) is 8.33. The number of benzene rings is 5. The molecule has 0 saturated heterocycles. The van der Waals surface area contributed by atoms with Crippen LogP contribution in [0.2, 0.25) is 0 Å². The van der Waals surface area contributed by atoms with Gasteiger partial charge in [-0.2, -0.15) is 0 Å².